The van der Waals surface area contributed by atoms with E-state index >= 15 is 0 Å². The molecule has 0 bridgehead atoms. The van der Waals surface area contributed by atoms with Gasteiger partial charge in [-0.1, -0.05) is 12.1 Å². The Morgan fingerprint density at radius 3 is 2.63 bits per heavy atom. The number of fused-ring (bicyclic) bond motifs is 1. The first-order valence-corrected chi connectivity index (χ1v) is 10.8. The first-order valence-electron chi connectivity index (χ1n) is 10.8. The molecular weight excluding hydrogens is 376 g/mol. The van der Waals surface area contributed by atoms with Crippen molar-refractivity contribution >= 4 is 22.5 Å². The van der Waals surface area contributed by atoms with Crippen LogP contribution in [0.15, 0.2) is 42.7 Å². The Morgan fingerprint density at radius 1 is 1.03 bits per heavy atom. The van der Waals surface area contributed by atoms with Crippen LogP contribution in [0.3, 0.4) is 0 Å². The van der Waals surface area contributed by atoms with E-state index in [1.54, 1.807) is 12.4 Å². The number of nitrogens with zero attached hydrogens (tertiary/aromatic N) is 5. The van der Waals surface area contributed by atoms with Crippen LogP contribution in [0.2, 0.25) is 0 Å². The van der Waals surface area contributed by atoms with Gasteiger partial charge in [-0.15, -0.1) is 0 Å². The van der Waals surface area contributed by atoms with E-state index in [9.17, 15) is 0 Å². The molecule has 1 atom stereocenters. The Morgan fingerprint density at radius 2 is 1.83 bits per heavy atom. The van der Waals surface area contributed by atoms with Crippen LogP contribution < -0.4 is 15.1 Å². The molecule has 0 amide bonds. The lowest BCUT2D eigenvalue weighted by molar-refractivity contribution is 0.122. The van der Waals surface area contributed by atoms with Gasteiger partial charge in [-0.3, -0.25) is 4.98 Å². The second-order valence-corrected chi connectivity index (χ2v) is 8.06. The van der Waals surface area contributed by atoms with Crippen LogP contribution in [0.5, 0.6) is 0 Å². The number of hydrogen-bond acceptors (Lipinski definition) is 7. The number of pyridine rings is 1. The van der Waals surface area contributed by atoms with Crippen molar-refractivity contribution in [2.75, 3.05) is 62.8 Å². The first-order chi connectivity index (χ1) is 14.8. The van der Waals surface area contributed by atoms with E-state index in [-0.39, 0.29) is 0 Å². The molecule has 0 aliphatic carbocycles. The Balaban J connectivity index is 1.47. The van der Waals surface area contributed by atoms with Gasteiger partial charge in [0.25, 0.3) is 0 Å². The van der Waals surface area contributed by atoms with Crippen molar-refractivity contribution in [3.8, 4) is 11.3 Å². The molecule has 2 aliphatic rings. The third kappa shape index (κ3) is 3.82. The molecule has 1 N–H and O–H groups in total. The highest BCUT2D eigenvalue weighted by Crippen LogP contribution is 2.31. The number of aromatic nitrogens is 3. The highest BCUT2D eigenvalue weighted by molar-refractivity contribution is 5.89. The van der Waals surface area contributed by atoms with Crippen molar-refractivity contribution < 1.29 is 4.74 Å². The molecule has 2 fully saturated rings. The van der Waals surface area contributed by atoms with Crippen LogP contribution in [-0.4, -0.2) is 67.9 Å². The number of morpholine rings is 1. The zero-order valence-corrected chi connectivity index (χ0v) is 17.4. The molecule has 1 unspecified atom stereocenters. The summed E-state index contributed by atoms with van der Waals surface area (Å²) in [6.07, 6.45) is 4.68. The molecule has 0 spiro atoms. The summed E-state index contributed by atoms with van der Waals surface area (Å²) in [5.74, 6) is 1.59. The van der Waals surface area contributed by atoms with E-state index in [0.717, 1.165) is 74.0 Å². The van der Waals surface area contributed by atoms with Gasteiger partial charge in [-0.05, 0) is 44.1 Å². The summed E-state index contributed by atoms with van der Waals surface area (Å²) in [5, 5.41) is 3.30. The molecule has 2 aliphatic heterocycles. The lowest BCUT2D eigenvalue weighted by Crippen LogP contribution is -2.36. The topological polar surface area (TPSA) is 66.4 Å². The molecular formula is C23H28N6O. The number of anilines is 2. The summed E-state index contributed by atoms with van der Waals surface area (Å²) in [6.45, 7) is 6.50. The van der Waals surface area contributed by atoms with Crippen LogP contribution in [0.1, 0.15) is 6.42 Å². The molecule has 7 heteroatoms. The van der Waals surface area contributed by atoms with Crippen LogP contribution in [0.4, 0.5) is 11.5 Å². The largest absolute Gasteiger partial charge is 0.378 e. The monoisotopic (exact) mass is 404 g/mol. The molecule has 4 heterocycles. The first kappa shape index (κ1) is 19.2. The SMILES string of the molecule is CNCC1CCN(c2nc(-c3ccc(N4CCOCC4)cc3)cc3nccnc23)C1. The molecule has 1 aromatic carbocycles. The summed E-state index contributed by atoms with van der Waals surface area (Å²) in [7, 11) is 2.02. The fourth-order valence-corrected chi connectivity index (χ4v) is 4.47. The molecule has 2 aromatic heterocycles. The molecule has 2 saturated heterocycles. The van der Waals surface area contributed by atoms with Crippen LogP contribution in [0, 0.1) is 5.92 Å². The van der Waals surface area contributed by atoms with Gasteiger partial charge >= 0.3 is 0 Å². The maximum Gasteiger partial charge on any atom is 0.157 e. The van der Waals surface area contributed by atoms with Gasteiger partial charge in [0.15, 0.2) is 5.82 Å². The molecule has 0 saturated carbocycles. The van der Waals surface area contributed by atoms with E-state index in [0.29, 0.717) is 5.92 Å². The lowest BCUT2D eigenvalue weighted by Gasteiger charge is -2.29. The Kier molecular flexibility index (Phi) is 5.46. The van der Waals surface area contributed by atoms with Crippen LogP contribution in [0.25, 0.3) is 22.3 Å². The van der Waals surface area contributed by atoms with Crippen LogP contribution in [-0.2, 0) is 4.74 Å². The van der Waals surface area contributed by atoms with Gasteiger partial charge in [0.05, 0.1) is 24.4 Å². The van der Waals surface area contributed by atoms with Gasteiger partial charge in [0, 0.05) is 49.8 Å². The lowest BCUT2D eigenvalue weighted by atomic mass is 10.1. The van der Waals surface area contributed by atoms with Crippen LogP contribution >= 0.6 is 0 Å². The van der Waals surface area contributed by atoms with Crippen molar-refractivity contribution in [3.05, 3.63) is 42.7 Å². The summed E-state index contributed by atoms with van der Waals surface area (Å²) >= 11 is 0. The van der Waals surface area contributed by atoms with Crippen molar-refractivity contribution in [2.24, 2.45) is 5.92 Å². The average Bonchev–Trinajstić information content (AvgIpc) is 3.28. The number of benzene rings is 1. The summed E-state index contributed by atoms with van der Waals surface area (Å²) in [4.78, 5) is 19.0. The molecule has 30 heavy (non-hydrogen) atoms. The Hall–Kier alpha value is -2.77. The minimum atomic E-state index is 0.639. The summed E-state index contributed by atoms with van der Waals surface area (Å²) in [6, 6.07) is 10.7. The average molecular weight is 405 g/mol. The number of rotatable bonds is 5. The maximum absolute atomic E-state index is 5.47. The fraction of sp³-hybridized carbons (Fsp3) is 0.435. The number of hydrogen-bond donors (Lipinski definition) is 1. The van der Waals surface area contributed by atoms with E-state index in [1.165, 1.54) is 12.1 Å². The van der Waals surface area contributed by atoms with Gasteiger partial charge in [0.2, 0.25) is 0 Å². The molecule has 3 aromatic rings. The number of ether oxygens (including phenoxy) is 1. The third-order valence-electron chi connectivity index (χ3n) is 6.06. The van der Waals surface area contributed by atoms with Gasteiger partial charge in [0.1, 0.15) is 5.52 Å². The zero-order chi connectivity index (χ0) is 20.3. The normalized spacial score (nSPS) is 19.6. The summed E-state index contributed by atoms with van der Waals surface area (Å²) < 4.78 is 5.47. The highest BCUT2D eigenvalue weighted by Gasteiger charge is 2.25. The van der Waals surface area contributed by atoms with Crippen molar-refractivity contribution in [1.82, 2.24) is 20.3 Å². The molecule has 0 radical (unpaired) electrons. The Bertz CT molecular complexity index is 1000. The number of nitrogens with one attached hydrogen (secondary N) is 1. The molecule has 7 nitrogen and oxygen atoms in total. The summed E-state index contributed by atoms with van der Waals surface area (Å²) in [5.41, 5.74) is 5.07. The fourth-order valence-electron chi connectivity index (χ4n) is 4.47. The Labute approximate surface area is 177 Å². The van der Waals surface area contributed by atoms with Gasteiger partial charge in [-0.25, -0.2) is 9.97 Å². The minimum Gasteiger partial charge on any atom is -0.378 e. The highest BCUT2D eigenvalue weighted by atomic mass is 16.5. The zero-order valence-electron chi connectivity index (χ0n) is 17.4. The minimum absolute atomic E-state index is 0.639. The van der Waals surface area contributed by atoms with Crippen molar-refractivity contribution in [3.63, 3.8) is 0 Å². The smallest absolute Gasteiger partial charge is 0.157 e. The predicted molar refractivity (Wildman–Crippen MR) is 120 cm³/mol. The maximum atomic E-state index is 5.47. The van der Waals surface area contributed by atoms with Crippen molar-refractivity contribution in [1.29, 1.82) is 0 Å². The molecule has 5 rings (SSSR count). The van der Waals surface area contributed by atoms with E-state index in [1.807, 2.05) is 7.05 Å². The second-order valence-electron chi connectivity index (χ2n) is 8.06. The van der Waals surface area contributed by atoms with Gasteiger partial charge < -0.3 is 19.9 Å². The van der Waals surface area contributed by atoms with Gasteiger partial charge in [-0.2, -0.15) is 0 Å². The van der Waals surface area contributed by atoms with E-state index in [2.05, 4.69) is 55.4 Å². The second kappa shape index (κ2) is 8.53. The standard InChI is InChI=1S/C23H28N6O/c1-24-15-17-6-9-29(16-17)23-22-21(25-7-8-26-22)14-20(27-23)18-2-4-19(5-3-18)28-10-12-30-13-11-28/h2-5,7-8,14,17,24H,6,9-13,15-16H2,1H3. The quantitative estimate of drug-likeness (QED) is 0.701. The molecule has 156 valence electrons. The van der Waals surface area contributed by atoms with Crippen molar-refractivity contribution in [2.45, 2.75) is 6.42 Å². The third-order valence-corrected chi connectivity index (χ3v) is 6.06. The van der Waals surface area contributed by atoms with E-state index in [4.69, 9.17) is 9.72 Å². The predicted octanol–water partition coefficient (Wildman–Crippen LogP) is 2.57. The van der Waals surface area contributed by atoms with E-state index < -0.39 is 0 Å².